The second-order valence-electron chi connectivity index (χ2n) is 4.20. The van der Waals surface area contributed by atoms with Crippen LogP contribution < -0.4 is 4.90 Å². The Morgan fingerprint density at radius 1 is 1.06 bits per heavy atom. The highest BCUT2D eigenvalue weighted by Gasteiger charge is 2.08. The smallest absolute Gasteiger partial charge is 0.0474 e. The van der Waals surface area contributed by atoms with Gasteiger partial charge in [0, 0.05) is 35.9 Å². The molecule has 86 valence electrons. The predicted octanol–water partition coefficient (Wildman–Crippen LogP) is 3.79. The van der Waals surface area contributed by atoms with Crippen molar-refractivity contribution in [3.63, 3.8) is 0 Å². The van der Waals surface area contributed by atoms with Crippen molar-refractivity contribution in [1.29, 1.82) is 0 Å². The number of fused-ring (bicyclic) bond motifs is 1. The Hall–Kier alpha value is -1.44. The Bertz CT molecular complexity index is 439. The molecule has 0 saturated heterocycles. The second kappa shape index (κ2) is 5.06. The number of hydrogen-bond acceptors (Lipinski definition) is 1. The number of nitrogens with zero attached hydrogens (tertiary/aromatic N) is 1. The molecule has 16 heavy (non-hydrogen) atoms. The molecule has 1 N–H and O–H groups in total. The van der Waals surface area contributed by atoms with Gasteiger partial charge in [-0.15, -0.1) is 0 Å². The average molecular weight is 216 g/mol. The molecule has 0 aliphatic rings. The van der Waals surface area contributed by atoms with Gasteiger partial charge in [0.2, 0.25) is 0 Å². The number of H-pyrrole nitrogens is 1. The summed E-state index contributed by atoms with van der Waals surface area (Å²) in [6.45, 7) is 6.75. The zero-order chi connectivity index (χ0) is 11.4. The first-order valence-corrected chi connectivity index (χ1v) is 6.17. The third-order valence-corrected chi connectivity index (χ3v) is 2.90. The second-order valence-corrected chi connectivity index (χ2v) is 4.20. The zero-order valence-corrected chi connectivity index (χ0v) is 10.2. The van der Waals surface area contributed by atoms with E-state index in [0.29, 0.717) is 0 Å². The van der Waals surface area contributed by atoms with E-state index in [1.165, 1.54) is 29.4 Å². The molecule has 0 spiro atoms. The fourth-order valence-corrected chi connectivity index (χ4v) is 2.24. The molecule has 1 heterocycles. The van der Waals surface area contributed by atoms with Gasteiger partial charge in [-0.05, 0) is 31.0 Å². The van der Waals surface area contributed by atoms with E-state index < -0.39 is 0 Å². The molecule has 0 bridgehead atoms. The van der Waals surface area contributed by atoms with Crippen molar-refractivity contribution in [2.45, 2.75) is 26.7 Å². The number of benzene rings is 1. The van der Waals surface area contributed by atoms with Crippen molar-refractivity contribution in [2.75, 3.05) is 18.0 Å². The van der Waals surface area contributed by atoms with Gasteiger partial charge in [-0.25, -0.2) is 0 Å². The molecule has 2 nitrogen and oxygen atoms in total. The fraction of sp³-hybridized carbons (Fsp3) is 0.429. The fourth-order valence-electron chi connectivity index (χ4n) is 2.24. The molecular weight excluding hydrogens is 196 g/mol. The molecule has 0 unspecified atom stereocenters. The van der Waals surface area contributed by atoms with E-state index in [2.05, 4.69) is 48.0 Å². The lowest BCUT2D eigenvalue weighted by Gasteiger charge is -2.24. The van der Waals surface area contributed by atoms with Crippen molar-refractivity contribution in [3.8, 4) is 0 Å². The molecular formula is C14H20N2. The summed E-state index contributed by atoms with van der Waals surface area (Å²) in [6.07, 6.45) is 4.41. The minimum absolute atomic E-state index is 1.14. The highest BCUT2D eigenvalue weighted by atomic mass is 15.1. The van der Waals surface area contributed by atoms with E-state index in [1.54, 1.807) is 0 Å². The minimum Gasteiger partial charge on any atom is -0.371 e. The van der Waals surface area contributed by atoms with E-state index in [0.717, 1.165) is 13.1 Å². The third-order valence-electron chi connectivity index (χ3n) is 2.90. The first-order valence-electron chi connectivity index (χ1n) is 6.17. The summed E-state index contributed by atoms with van der Waals surface area (Å²) in [7, 11) is 0. The van der Waals surface area contributed by atoms with Gasteiger partial charge in [-0.2, -0.15) is 0 Å². The van der Waals surface area contributed by atoms with Crippen LogP contribution in [0.25, 0.3) is 10.9 Å². The number of nitrogens with one attached hydrogen (secondary N) is 1. The van der Waals surface area contributed by atoms with Crippen LogP contribution in [0.15, 0.2) is 30.5 Å². The van der Waals surface area contributed by atoms with Gasteiger partial charge in [0.05, 0.1) is 0 Å². The van der Waals surface area contributed by atoms with E-state index in [-0.39, 0.29) is 0 Å². The van der Waals surface area contributed by atoms with Crippen LogP contribution in [0.1, 0.15) is 26.7 Å². The van der Waals surface area contributed by atoms with Crippen molar-refractivity contribution in [3.05, 3.63) is 30.5 Å². The van der Waals surface area contributed by atoms with Gasteiger partial charge < -0.3 is 9.88 Å². The standard InChI is InChI=1S/C14H20N2/c1-3-10-16(11-4-2)14-7-5-6-13-12(14)8-9-15-13/h5-9,15H,3-4,10-11H2,1-2H3. The van der Waals surface area contributed by atoms with Crippen LogP contribution >= 0.6 is 0 Å². The van der Waals surface area contributed by atoms with Gasteiger partial charge in [0.25, 0.3) is 0 Å². The van der Waals surface area contributed by atoms with Gasteiger partial charge >= 0.3 is 0 Å². The lowest BCUT2D eigenvalue weighted by molar-refractivity contribution is 0.747. The van der Waals surface area contributed by atoms with Crippen LogP contribution in [-0.4, -0.2) is 18.1 Å². The predicted molar refractivity (Wildman–Crippen MR) is 71.1 cm³/mol. The summed E-state index contributed by atoms with van der Waals surface area (Å²) in [5.41, 5.74) is 2.59. The number of rotatable bonds is 5. The maximum Gasteiger partial charge on any atom is 0.0474 e. The van der Waals surface area contributed by atoms with Crippen LogP contribution in [-0.2, 0) is 0 Å². The monoisotopic (exact) mass is 216 g/mol. The molecule has 0 radical (unpaired) electrons. The SMILES string of the molecule is CCCN(CCC)c1cccc2[nH]ccc12. The van der Waals surface area contributed by atoms with E-state index in [4.69, 9.17) is 0 Å². The summed E-state index contributed by atoms with van der Waals surface area (Å²) in [6, 6.07) is 8.66. The summed E-state index contributed by atoms with van der Waals surface area (Å²) in [4.78, 5) is 5.75. The first-order chi connectivity index (χ1) is 7.86. The van der Waals surface area contributed by atoms with Crippen molar-refractivity contribution in [1.82, 2.24) is 4.98 Å². The van der Waals surface area contributed by atoms with Gasteiger partial charge in [-0.1, -0.05) is 19.9 Å². The van der Waals surface area contributed by atoms with Crippen LogP contribution in [0.2, 0.25) is 0 Å². The molecule has 0 amide bonds. The molecule has 2 aromatic rings. The third kappa shape index (κ3) is 2.06. The topological polar surface area (TPSA) is 19.0 Å². The molecule has 0 fully saturated rings. The van der Waals surface area contributed by atoms with Crippen molar-refractivity contribution in [2.24, 2.45) is 0 Å². The van der Waals surface area contributed by atoms with Crippen LogP contribution in [0.4, 0.5) is 5.69 Å². The summed E-state index contributed by atoms with van der Waals surface area (Å²) in [5, 5.41) is 1.34. The van der Waals surface area contributed by atoms with E-state index in [9.17, 15) is 0 Å². The molecule has 0 aliphatic heterocycles. The van der Waals surface area contributed by atoms with E-state index >= 15 is 0 Å². The molecule has 0 aliphatic carbocycles. The molecule has 1 aromatic heterocycles. The van der Waals surface area contributed by atoms with Gasteiger partial charge in [0.15, 0.2) is 0 Å². The first kappa shape index (κ1) is 11.1. The van der Waals surface area contributed by atoms with Gasteiger partial charge in [0.1, 0.15) is 0 Å². The largest absolute Gasteiger partial charge is 0.371 e. The molecule has 1 aromatic carbocycles. The van der Waals surface area contributed by atoms with Crippen LogP contribution in [0.5, 0.6) is 0 Å². The highest BCUT2D eigenvalue weighted by Crippen LogP contribution is 2.26. The quantitative estimate of drug-likeness (QED) is 0.805. The Kier molecular flexibility index (Phi) is 3.50. The molecule has 0 atom stereocenters. The Labute approximate surface area is 97.3 Å². The number of hydrogen-bond donors (Lipinski definition) is 1. The Morgan fingerprint density at radius 2 is 1.81 bits per heavy atom. The maximum atomic E-state index is 3.27. The summed E-state index contributed by atoms with van der Waals surface area (Å²) >= 11 is 0. The minimum atomic E-state index is 1.14. The normalized spacial score (nSPS) is 10.9. The van der Waals surface area contributed by atoms with E-state index in [1.807, 2.05) is 6.20 Å². The van der Waals surface area contributed by atoms with Crippen molar-refractivity contribution >= 4 is 16.6 Å². The maximum absolute atomic E-state index is 3.27. The average Bonchev–Trinajstić information content (AvgIpc) is 2.76. The lowest BCUT2D eigenvalue weighted by Crippen LogP contribution is -2.24. The zero-order valence-electron chi connectivity index (χ0n) is 10.2. The summed E-state index contributed by atoms with van der Waals surface area (Å²) in [5.74, 6) is 0. The Balaban J connectivity index is 2.38. The molecule has 2 rings (SSSR count). The molecule has 2 heteroatoms. The number of aromatic nitrogens is 1. The highest BCUT2D eigenvalue weighted by molar-refractivity contribution is 5.92. The lowest BCUT2D eigenvalue weighted by atomic mass is 10.2. The number of anilines is 1. The van der Waals surface area contributed by atoms with Crippen molar-refractivity contribution < 1.29 is 0 Å². The van der Waals surface area contributed by atoms with Gasteiger partial charge in [-0.3, -0.25) is 0 Å². The van der Waals surface area contributed by atoms with Crippen LogP contribution in [0, 0.1) is 0 Å². The van der Waals surface area contributed by atoms with Crippen LogP contribution in [0.3, 0.4) is 0 Å². The summed E-state index contributed by atoms with van der Waals surface area (Å²) < 4.78 is 0. The number of aromatic amines is 1. The Morgan fingerprint density at radius 3 is 2.50 bits per heavy atom. The molecule has 0 saturated carbocycles.